The predicted octanol–water partition coefficient (Wildman–Crippen LogP) is 7.35. The number of likely N-dealkylation sites (N-methyl/N-ethyl adjacent to an activating group) is 1. The molecule has 0 spiro atoms. The van der Waals surface area contributed by atoms with Crippen molar-refractivity contribution in [2.24, 2.45) is 0 Å². The molecule has 0 aliphatic carbocycles. The highest BCUT2D eigenvalue weighted by molar-refractivity contribution is 7.99. The Hall–Kier alpha value is -2.27. The van der Waals surface area contributed by atoms with Gasteiger partial charge < -0.3 is 4.90 Å². The highest BCUT2D eigenvalue weighted by Crippen LogP contribution is 2.41. The number of rotatable bonds is 5. The van der Waals surface area contributed by atoms with Gasteiger partial charge in [0.25, 0.3) is 0 Å². The number of alkyl halides is 6. The molecule has 0 bridgehead atoms. The second kappa shape index (κ2) is 11.5. The number of carbonyl (C=O) groups excluding carboxylic acids is 1. The second-order valence-corrected chi connectivity index (χ2v) is 12.4. The normalized spacial score (nSPS) is 21.9. The minimum Gasteiger partial charge on any atom is -0.341 e. The Morgan fingerprint density at radius 3 is 1.93 bits per heavy atom. The lowest BCUT2D eigenvalue weighted by molar-refractivity contribution is -0.144. The summed E-state index contributed by atoms with van der Waals surface area (Å²) in [7, 11) is 1.55. The van der Waals surface area contributed by atoms with Gasteiger partial charge in [0, 0.05) is 38.1 Å². The molecule has 0 aromatic heterocycles. The van der Waals surface area contributed by atoms with E-state index in [1.807, 2.05) is 11.8 Å². The molecule has 0 unspecified atom stereocenters. The van der Waals surface area contributed by atoms with Crippen molar-refractivity contribution in [1.29, 1.82) is 0 Å². The van der Waals surface area contributed by atoms with Crippen LogP contribution in [-0.4, -0.2) is 59.4 Å². The highest BCUT2D eigenvalue weighted by atomic mass is 32.2. The molecule has 2 atom stereocenters. The van der Waals surface area contributed by atoms with Gasteiger partial charge in [-0.2, -0.15) is 38.1 Å². The van der Waals surface area contributed by atoms with E-state index in [9.17, 15) is 35.5 Å². The van der Waals surface area contributed by atoms with Crippen molar-refractivity contribution in [2.45, 2.75) is 68.9 Å². The molecular formula is C29H33F7N2OS. The first-order valence-electron chi connectivity index (χ1n) is 13.2. The lowest BCUT2D eigenvalue weighted by Crippen LogP contribution is -2.55. The molecule has 0 saturated carbocycles. The van der Waals surface area contributed by atoms with Crippen LogP contribution < -0.4 is 0 Å². The molecule has 4 rings (SSSR count). The van der Waals surface area contributed by atoms with E-state index in [1.54, 1.807) is 19.2 Å². The lowest BCUT2D eigenvalue weighted by atomic mass is 9.79. The Morgan fingerprint density at radius 1 is 0.875 bits per heavy atom. The van der Waals surface area contributed by atoms with Gasteiger partial charge in [0.2, 0.25) is 5.91 Å². The average molecular weight is 591 g/mol. The molecule has 3 nitrogen and oxygen atoms in total. The Bertz CT molecular complexity index is 1160. The zero-order chi connectivity index (χ0) is 29.5. The smallest absolute Gasteiger partial charge is 0.341 e. The van der Waals surface area contributed by atoms with Gasteiger partial charge in [-0.15, -0.1) is 0 Å². The number of carbonyl (C=O) groups is 1. The standard InChI is InChI=1S/C29H33F7N2OS/c1-27(2,19-14-20(28(31,32)33)16-21(15-19)29(34,35)36)26(39)37(3)25-8-11-38(23-9-12-40-13-10-23)17-24(25)18-4-6-22(30)7-5-18/h4-7,14-16,23-25H,8-13,17H2,1-3H3/t24-,25+/m1/s1. The Kier molecular flexibility index (Phi) is 8.86. The van der Waals surface area contributed by atoms with Crippen LogP contribution in [0, 0.1) is 5.82 Å². The number of hydrogen-bond donors (Lipinski definition) is 0. The van der Waals surface area contributed by atoms with Gasteiger partial charge in [0.15, 0.2) is 0 Å². The predicted molar refractivity (Wildman–Crippen MR) is 142 cm³/mol. The van der Waals surface area contributed by atoms with Crippen molar-refractivity contribution < 1.29 is 35.5 Å². The van der Waals surface area contributed by atoms with Crippen molar-refractivity contribution in [3.63, 3.8) is 0 Å². The van der Waals surface area contributed by atoms with E-state index in [0.29, 0.717) is 37.7 Å². The van der Waals surface area contributed by atoms with Crippen LogP contribution in [0.2, 0.25) is 0 Å². The van der Waals surface area contributed by atoms with Crippen LogP contribution in [0.3, 0.4) is 0 Å². The fourth-order valence-corrected chi connectivity index (χ4v) is 6.96. The summed E-state index contributed by atoms with van der Waals surface area (Å²) in [6.45, 7) is 4.02. The maximum absolute atomic E-state index is 13.9. The number of likely N-dealkylation sites (tertiary alicyclic amines) is 1. The van der Waals surface area contributed by atoms with Crippen LogP contribution in [0.1, 0.15) is 61.3 Å². The minimum atomic E-state index is -5.01. The summed E-state index contributed by atoms with van der Waals surface area (Å²) in [6, 6.07) is 7.42. The van der Waals surface area contributed by atoms with E-state index < -0.39 is 40.6 Å². The average Bonchev–Trinajstić information content (AvgIpc) is 2.91. The first-order valence-corrected chi connectivity index (χ1v) is 14.4. The first-order chi connectivity index (χ1) is 18.6. The topological polar surface area (TPSA) is 23.6 Å². The van der Waals surface area contributed by atoms with Crippen LogP contribution in [0.5, 0.6) is 0 Å². The van der Waals surface area contributed by atoms with Crippen molar-refractivity contribution in [3.05, 3.63) is 70.5 Å². The van der Waals surface area contributed by atoms with Gasteiger partial charge in [0.1, 0.15) is 5.82 Å². The van der Waals surface area contributed by atoms with Crippen LogP contribution in [0.4, 0.5) is 30.7 Å². The van der Waals surface area contributed by atoms with Crippen molar-refractivity contribution in [1.82, 2.24) is 9.80 Å². The zero-order valence-electron chi connectivity index (χ0n) is 22.6. The van der Waals surface area contributed by atoms with E-state index >= 15 is 0 Å². The monoisotopic (exact) mass is 590 g/mol. The number of nitrogens with zero attached hydrogens (tertiary/aromatic N) is 2. The van der Waals surface area contributed by atoms with E-state index in [1.165, 1.54) is 30.9 Å². The summed E-state index contributed by atoms with van der Waals surface area (Å²) >= 11 is 1.91. The van der Waals surface area contributed by atoms with Gasteiger partial charge in [0.05, 0.1) is 16.5 Å². The molecule has 2 saturated heterocycles. The molecular weight excluding hydrogens is 557 g/mol. The Balaban J connectivity index is 1.66. The van der Waals surface area contributed by atoms with Crippen LogP contribution in [-0.2, 0) is 22.6 Å². The molecule has 2 aliphatic heterocycles. The van der Waals surface area contributed by atoms with E-state index in [0.717, 1.165) is 29.9 Å². The number of hydrogen-bond acceptors (Lipinski definition) is 3. The van der Waals surface area contributed by atoms with Crippen LogP contribution >= 0.6 is 11.8 Å². The molecule has 2 heterocycles. The van der Waals surface area contributed by atoms with Crippen LogP contribution in [0.15, 0.2) is 42.5 Å². The molecule has 0 N–H and O–H groups in total. The third-order valence-electron chi connectivity index (χ3n) is 8.27. The molecule has 11 heteroatoms. The number of halogens is 7. The van der Waals surface area contributed by atoms with Gasteiger partial charge in [-0.05, 0) is 86.1 Å². The Labute approximate surface area is 234 Å². The number of piperidine rings is 1. The third-order valence-corrected chi connectivity index (χ3v) is 9.32. The highest BCUT2D eigenvalue weighted by Gasteiger charge is 2.44. The quantitative estimate of drug-likeness (QED) is 0.340. The molecule has 0 radical (unpaired) electrons. The van der Waals surface area contributed by atoms with E-state index in [4.69, 9.17) is 0 Å². The summed E-state index contributed by atoms with van der Waals surface area (Å²) in [5, 5.41) is 0. The van der Waals surface area contributed by atoms with Gasteiger partial charge in [-0.25, -0.2) is 4.39 Å². The number of thioether (sulfide) groups is 1. The summed E-state index contributed by atoms with van der Waals surface area (Å²) in [4.78, 5) is 17.8. The number of amides is 1. The molecule has 2 aromatic rings. The molecule has 2 aliphatic rings. The summed E-state index contributed by atoms with van der Waals surface area (Å²) < 4.78 is 95.0. The van der Waals surface area contributed by atoms with Crippen molar-refractivity contribution in [3.8, 4) is 0 Å². The largest absolute Gasteiger partial charge is 0.416 e. The summed E-state index contributed by atoms with van der Waals surface area (Å²) in [5.41, 5.74) is -4.12. The summed E-state index contributed by atoms with van der Waals surface area (Å²) in [5.74, 6) is 0.943. The van der Waals surface area contributed by atoms with E-state index in [-0.39, 0.29) is 23.6 Å². The van der Waals surface area contributed by atoms with E-state index in [2.05, 4.69) is 4.90 Å². The first kappa shape index (κ1) is 30.7. The summed E-state index contributed by atoms with van der Waals surface area (Å²) in [6.07, 6.45) is -7.37. The maximum atomic E-state index is 13.9. The maximum Gasteiger partial charge on any atom is 0.416 e. The molecule has 220 valence electrons. The second-order valence-electron chi connectivity index (χ2n) is 11.2. The molecule has 2 aromatic carbocycles. The SMILES string of the molecule is CN(C(=O)C(C)(C)c1cc(C(F)(F)F)cc(C(F)(F)F)c1)[C@H]1CCN(C2CCSCC2)C[C@@H]1c1ccc(F)cc1. The van der Waals surface area contributed by atoms with Gasteiger partial charge in [-0.3, -0.25) is 9.69 Å². The molecule has 2 fully saturated rings. The van der Waals surface area contributed by atoms with Crippen molar-refractivity contribution in [2.75, 3.05) is 31.6 Å². The van der Waals surface area contributed by atoms with Crippen molar-refractivity contribution >= 4 is 17.7 Å². The third kappa shape index (κ3) is 6.61. The minimum absolute atomic E-state index is 0.0673. The zero-order valence-corrected chi connectivity index (χ0v) is 23.4. The van der Waals surface area contributed by atoms with Gasteiger partial charge in [-0.1, -0.05) is 12.1 Å². The van der Waals surface area contributed by atoms with Crippen LogP contribution in [0.25, 0.3) is 0 Å². The fraction of sp³-hybridized carbons (Fsp3) is 0.552. The molecule has 40 heavy (non-hydrogen) atoms. The Morgan fingerprint density at radius 2 is 1.40 bits per heavy atom. The number of benzene rings is 2. The molecule has 1 amide bonds. The van der Waals surface area contributed by atoms with Gasteiger partial charge >= 0.3 is 12.4 Å². The lowest BCUT2D eigenvalue weighted by Gasteiger charge is -2.47. The fourth-order valence-electron chi connectivity index (χ4n) is 5.88.